The summed E-state index contributed by atoms with van der Waals surface area (Å²) >= 11 is 0. The summed E-state index contributed by atoms with van der Waals surface area (Å²) in [7, 11) is 1.42. The molecule has 1 rings (SSSR count). The van der Waals surface area contributed by atoms with E-state index in [2.05, 4.69) is 74.6 Å². The van der Waals surface area contributed by atoms with Gasteiger partial charge in [-0.15, -0.1) is 0 Å². The zero-order valence-electron chi connectivity index (χ0n) is 35.1. The van der Waals surface area contributed by atoms with Crippen molar-refractivity contribution in [3.8, 4) is 0 Å². The van der Waals surface area contributed by atoms with Crippen molar-refractivity contribution in [2.45, 2.75) is 161 Å². The lowest BCUT2D eigenvalue weighted by molar-refractivity contribution is -0.870. The summed E-state index contributed by atoms with van der Waals surface area (Å²) in [5.41, 5.74) is 0. The average Bonchev–Trinajstić information content (AvgIpc) is 3.89. The minimum absolute atomic E-state index is 0.0161. The van der Waals surface area contributed by atoms with Gasteiger partial charge in [0, 0.05) is 12.8 Å². The molecule has 0 radical (unpaired) electrons. The SMILES string of the molecule is CC/C=C\C/C=C\C/C=C\C/C=C\CCCCC(=O)O[C@H](COC(=O)CCCCCCC/C=C\CC1OC1CCCCC)COP(=O)(O)OCC[N+](C)(C)C. The van der Waals surface area contributed by atoms with Crippen LogP contribution in [0, 0.1) is 0 Å². The van der Waals surface area contributed by atoms with Gasteiger partial charge in [0.25, 0.3) is 0 Å². The number of phosphoric ester groups is 1. The number of likely N-dealkylation sites (N-methyl/N-ethyl adjacent to an activating group) is 1. The number of carbonyl (C=O) groups is 2. The zero-order chi connectivity index (χ0) is 40.5. The number of epoxide rings is 1. The summed E-state index contributed by atoms with van der Waals surface area (Å²) < 4.78 is 39.9. The van der Waals surface area contributed by atoms with Crippen LogP contribution in [0.25, 0.3) is 0 Å². The third kappa shape index (κ3) is 33.5. The number of carbonyl (C=O) groups excluding carboxylic acids is 2. The molecule has 0 saturated carbocycles. The number of nitrogens with zero attached hydrogens (tertiary/aromatic N) is 1. The number of ether oxygens (including phenoxy) is 3. The van der Waals surface area contributed by atoms with Crippen LogP contribution in [0.4, 0.5) is 0 Å². The van der Waals surface area contributed by atoms with Gasteiger partial charge < -0.3 is 23.6 Å². The molecule has 0 aliphatic carbocycles. The van der Waals surface area contributed by atoms with Crippen LogP contribution in [0.2, 0.25) is 0 Å². The molecule has 11 heteroatoms. The van der Waals surface area contributed by atoms with E-state index < -0.39 is 32.5 Å². The topological polar surface area (TPSA) is 121 Å². The average molecular weight is 795 g/mol. The number of allylic oxidation sites excluding steroid dienone is 9. The van der Waals surface area contributed by atoms with Gasteiger partial charge in [-0.3, -0.25) is 18.6 Å². The molecule has 1 aliphatic heterocycles. The number of hydrogen-bond donors (Lipinski definition) is 1. The van der Waals surface area contributed by atoms with E-state index in [1.807, 2.05) is 21.1 Å². The fourth-order valence-corrected chi connectivity index (χ4v) is 6.28. The molecule has 1 fully saturated rings. The van der Waals surface area contributed by atoms with Gasteiger partial charge in [-0.2, -0.15) is 0 Å². The van der Waals surface area contributed by atoms with Gasteiger partial charge in [0.05, 0.1) is 40.0 Å². The summed E-state index contributed by atoms with van der Waals surface area (Å²) in [4.78, 5) is 35.3. The number of hydrogen-bond acceptors (Lipinski definition) is 8. The van der Waals surface area contributed by atoms with E-state index in [4.69, 9.17) is 23.3 Å². The summed E-state index contributed by atoms with van der Waals surface area (Å²) in [6.45, 7) is 4.18. The molecule has 1 heterocycles. The third-order valence-electron chi connectivity index (χ3n) is 8.96. The number of rotatable bonds is 36. The molecule has 1 saturated heterocycles. The van der Waals surface area contributed by atoms with Gasteiger partial charge in [0.1, 0.15) is 19.8 Å². The Labute approximate surface area is 334 Å². The van der Waals surface area contributed by atoms with Gasteiger partial charge in [0.2, 0.25) is 0 Å². The molecule has 4 atom stereocenters. The Morgan fingerprint density at radius 3 is 1.95 bits per heavy atom. The van der Waals surface area contributed by atoms with E-state index in [0.29, 0.717) is 36.1 Å². The Balaban J connectivity index is 2.33. The van der Waals surface area contributed by atoms with E-state index in [-0.39, 0.29) is 26.1 Å². The molecule has 0 aromatic heterocycles. The van der Waals surface area contributed by atoms with Crippen LogP contribution in [0.3, 0.4) is 0 Å². The van der Waals surface area contributed by atoms with Crippen molar-refractivity contribution in [3.63, 3.8) is 0 Å². The van der Waals surface area contributed by atoms with Crippen LogP contribution >= 0.6 is 7.82 Å². The van der Waals surface area contributed by atoms with Gasteiger partial charge >= 0.3 is 19.8 Å². The lowest BCUT2D eigenvalue weighted by atomic mass is 10.1. The molecule has 0 aromatic rings. The quantitative estimate of drug-likeness (QED) is 0.0165. The van der Waals surface area contributed by atoms with Crippen molar-refractivity contribution in [1.82, 2.24) is 0 Å². The number of esters is 2. The highest BCUT2D eigenvalue weighted by molar-refractivity contribution is 7.47. The van der Waals surface area contributed by atoms with Crippen LogP contribution in [0.5, 0.6) is 0 Å². The van der Waals surface area contributed by atoms with Crippen LogP contribution in [0.15, 0.2) is 60.8 Å². The molecule has 10 nitrogen and oxygen atoms in total. The van der Waals surface area contributed by atoms with Crippen molar-refractivity contribution >= 4 is 19.8 Å². The second-order valence-corrected chi connectivity index (χ2v) is 16.8. The van der Waals surface area contributed by atoms with E-state index in [1.54, 1.807) is 0 Å². The molecule has 0 spiro atoms. The highest BCUT2D eigenvalue weighted by Gasteiger charge is 2.36. The number of phosphoric acid groups is 1. The first-order valence-electron chi connectivity index (χ1n) is 21.1. The monoisotopic (exact) mass is 795 g/mol. The fourth-order valence-electron chi connectivity index (χ4n) is 5.54. The van der Waals surface area contributed by atoms with Crippen molar-refractivity contribution < 1.29 is 46.8 Å². The fraction of sp³-hybridized carbons (Fsp3) is 0.727. The lowest BCUT2D eigenvalue weighted by Gasteiger charge is -2.24. The van der Waals surface area contributed by atoms with Crippen molar-refractivity contribution in [2.75, 3.05) is 47.5 Å². The van der Waals surface area contributed by atoms with Crippen LogP contribution < -0.4 is 0 Å². The standard InChI is InChI=1S/C44H76NO9P/c1-6-8-10-11-12-13-14-15-16-17-18-19-24-27-31-35-44(47)53-40(39-52-55(48,49)51-37-36-45(3,4)5)38-50-43(46)34-30-26-23-21-20-22-25-29-33-42-41(54-42)32-28-9-7-2/h8,10,12-13,15-16,18-19,25,29,40-42H,6-7,9,11,14,17,20-24,26-28,30-39H2,1-5H3/p+1/b10-8-,13-12-,16-15-,19-18-,29-25-/t40-,41?,42?/m1/s1. The Morgan fingerprint density at radius 1 is 0.691 bits per heavy atom. The highest BCUT2D eigenvalue weighted by atomic mass is 31.2. The predicted octanol–water partition coefficient (Wildman–Crippen LogP) is 10.7. The summed E-state index contributed by atoms with van der Waals surface area (Å²) in [5.74, 6) is -0.876. The van der Waals surface area contributed by atoms with E-state index in [9.17, 15) is 19.0 Å². The Bertz CT molecular complexity index is 1190. The molecule has 0 bridgehead atoms. The van der Waals surface area contributed by atoms with E-state index in [1.165, 1.54) is 25.7 Å². The lowest BCUT2D eigenvalue weighted by Crippen LogP contribution is -2.37. The molecular weight excluding hydrogens is 717 g/mol. The molecule has 0 aromatic carbocycles. The summed E-state index contributed by atoms with van der Waals surface area (Å²) in [5, 5.41) is 0. The molecule has 1 aliphatic rings. The normalized spacial score (nSPS) is 17.9. The Hall–Kier alpha value is -2.33. The van der Waals surface area contributed by atoms with Crippen LogP contribution in [-0.4, -0.2) is 87.1 Å². The second-order valence-electron chi connectivity index (χ2n) is 15.4. The molecule has 1 N–H and O–H groups in total. The summed E-state index contributed by atoms with van der Waals surface area (Å²) in [6, 6.07) is 0. The number of quaternary nitrogens is 1. The minimum atomic E-state index is -4.39. The second kappa shape index (κ2) is 32.7. The first kappa shape index (κ1) is 50.7. The largest absolute Gasteiger partial charge is 0.472 e. The Kier molecular flexibility index (Phi) is 30.2. The molecule has 3 unspecified atom stereocenters. The molecule has 316 valence electrons. The molecule has 55 heavy (non-hydrogen) atoms. The zero-order valence-corrected chi connectivity index (χ0v) is 36.0. The van der Waals surface area contributed by atoms with E-state index >= 15 is 0 Å². The maximum Gasteiger partial charge on any atom is 0.472 e. The molecular formula is C44H77NO9P+. The number of unbranched alkanes of at least 4 members (excludes halogenated alkanes) is 9. The molecule has 0 amide bonds. The van der Waals surface area contributed by atoms with Crippen molar-refractivity contribution in [1.29, 1.82) is 0 Å². The van der Waals surface area contributed by atoms with Gasteiger partial charge in [-0.25, -0.2) is 4.57 Å². The van der Waals surface area contributed by atoms with Crippen LogP contribution in [0.1, 0.15) is 142 Å². The van der Waals surface area contributed by atoms with Gasteiger partial charge in [-0.05, 0) is 77.0 Å². The maximum atomic E-state index is 12.7. The highest BCUT2D eigenvalue weighted by Crippen LogP contribution is 2.43. The first-order chi connectivity index (χ1) is 26.5. The predicted molar refractivity (Wildman–Crippen MR) is 224 cm³/mol. The summed E-state index contributed by atoms with van der Waals surface area (Å²) in [6.07, 6.45) is 40.1. The van der Waals surface area contributed by atoms with Crippen molar-refractivity contribution in [2.24, 2.45) is 0 Å². The van der Waals surface area contributed by atoms with Crippen molar-refractivity contribution in [3.05, 3.63) is 60.8 Å². The maximum absolute atomic E-state index is 12.7. The smallest absolute Gasteiger partial charge is 0.462 e. The Morgan fingerprint density at radius 2 is 1.27 bits per heavy atom. The van der Waals surface area contributed by atoms with E-state index in [0.717, 1.165) is 77.0 Å². The first-order valence-corrected chi connectivity index (χ1v) is 22.6. The van der Waals surface area contributed by atoms with Gasteiger partial charge in [-0.1, -0.05) is 113 Å². The third-order valence-corrected chi connectivity index (χ3v) is 9.94. The van der Waals surface area contributed by atoms with Crippen LogP contribution in [-0.2, 0) is 37.4 Å². The van der Waals surface area contributed by atoms with Gasteiger partial charge in [0.15, 0.2) is 6.10 Å². The minimum Gasteiger partial charge on any atom is -0.462 e.